The molecule has 1 aliphatic carbocycles. The summed E-state index contributed by atoms with van der Waals surface area (Å²) in [6, 6.07) is 8.47. The normalized spacial score (nSPS) is 16.3. The van der Waals surface area contributed by atoms with E-state index in [1.807, 2.05) is 47.7 Å². The van der Waals surface area contributed by atoms with E-state index in [4.69, 9.17) is 24.2 Å². The molecule has 0 bridgehead atoms. The zero-order chi connectivity index (χ0) is 28.4. The van der Waals surface area contributed by atoms with Crippen LogP contribution in [0.2, 0.25) is 0 Å². The first-order valence-electron chi connectivity index (χ1n) is 14.2. The van der Waals surface area contributed by atoms with Crippen molar-refractivity contribution >= 4 is 38.4 Å². The molecule has 1 atom stereocenters. The van der Waals surface area contributed by atoms with E-state index in [9.17, 15) is 4.79 Å². The van der Waals surface area contributed by atoms with Crippen molar-refractivity contribution in [2.75, 3.05) is 13.2 Å². The Morgan fingerprint density at radius 1 is 1.15 bits per heavy atom. The van der Waals surface area contributed by atoms with Gasteiger partial charge in [0.2, 0.25) is 0 Å². The number of pyridine rings is 1. The van der Waals surface area contributed by atoms with E-state index >= 15 is 0 Å². The maximum absolute atomic E-state index is 12.9. The van der Waals surface area contributed by atoms with Crippen LogP contribution in [0.3, 0.4) is 0 Å². The molecule has 7 heteroatoms. The van der Waals surface area contributed by atoms with Gasteiger partial charge in [-0.1, -0.05) is 0 Å². The lowest BCUT2D eigenvalue weighted by Crippen LogP contribution is -2.30. The molecule has 0 radical (unpaired) electrons. The number of nitrogens with zero attached hydrogens (tertiary/aromatic N) is 2. The summed E-state index contributed by atoms with van der Waals surface area (Å²) < 4.78 is 19.8. The highest BCUT2D eigenvalue weighted by molar-refractivity contribution is 7.19. The zero-order valence-electron chi connectivity index (χ0n) is 24.5. The SMILES string of the molecule is Cc1cc2nc(C3CC3)sc2c(-c2ccc3c4c(ccnc24)CCO3)c1[C@@H](COC(=O)C(C)(C)C)OC(C)(C)C. The monoisotopic (exact) mass is 558 g/mol. The van der Waals surface area contributed by atoms with Crippen molar-refractivity contribution in [3.63, 3.8) is 0 Å². The van der Waals surface area contributed by atoms with Gasteiger partial charge in [0.1, 0.15) is 18.5 Å². The molecule has 2 aromatic heterocycles. The fraction of sp³-hybridized carbons (Fsp3) is 0.485. The van der Waals surface area contributed by atoms with Crippen LogP contribution < -0.4 is 4.74 Å². The molecule has 0 saturated heterocycles. The lowest BCUT2D eigenvalue weighted by Gasteiger charge is -2.31. The highest BCUT2D eigenvalue weighted by atomic mass is 32.1. The molecule has 210 valence electrons. The van der Waals surface area contributed by atoms with E-state index in [2.05, 4.69) is 31.2 Å². The Bertz CT molecular complexity index is 1610. The minimum atomic E-state index is -0.606. The van der Waals surface area contributed by atoms with Crippen molar-refractivity contribution in [3.8, 4) is 16.9 Å². The number of ether oxygens (including phenoxy) is 3. The molecule has 4 aromatic rings. The third-order valence-corrected chi connectivity index (χ3v) is 8.76. The molecular weight excluding hydrogens is 520 g/mol. The van der Waals surface area contributed by atoms with Crippen molar-refractivity contribution in [1.82, 2.24) is 9.97 Å². The summed E-state index contributed by atoms with van der Waals surface area (Å²) in [4.78, 5) is 22.9. The highest BCUT2D eigenvalue weighted by Gasteiger charge is 2.33. The maximum atomic E-state index is 12.9. The molecule has 6 nitrogen and oxygen atoms in total. The topological polar surface area (TPSA) is 70.5 Å². The number of benzene rings is 2. The molecule has 0 N–H and O–H groups in total. The molecule has 40 heavy (non-hydrogen) atoms. The van der Waals surface area contributed by atoms with Gasteiger partial charge in [-0.2, -0.15) is 0 Å². The lowest BCUT2D eigenvalue weighted by atomic mass is 9.89. The number of hydrogen-bond acceptors (Lipinski definition) is 7. The van der Waals surface area contributed by atoms with Gasteiger partial charge in [0.05, 0.1) is 38.4 Å². The molecule has 1 fully saturated rings. The van der Waals surface area contributed by atoms with E-state index in [0.717, 1.165) is 55.5 Å². The lowest BCUT2D eigenvalue weighted by molar-refractivity contribution is -0.162. The van der Waals surface area contributed by atoms with Gasteiger partial charge in [-0.3, -0.25) is 9.78 Å². The van der Waals surface area contributed by atoms with Gasteiger partial charge in [0.25, 0.3) is 0 Å². The average Bonchev–Trinajstić information content (AvgIpc) is 3.65. The molecule has 0 unspecified atom stereocenters. The minimum Gasteiger partial charge on any atom is -0.493 e. The smallest absolute Gasteiger partial charge is 0.311 e. The predicted octanol–water partition coefficient (Wildman–Crippen LogP) is 8.08. The third kappa shape index (κ3) is 5.10. The molecule has 0 amide bonds. The number of aryl methyl sites for hydroxylation is 1. The van der Waals surface area contributed by atoms with Crippen LogP contribution in [-0.2, 0) is 20.7 Å². The highest BCUT2D eigenvalue weighted by Crippen LogP contribution is 2.49. The van der Waals surface area contributed by atoms with Crippen molar-refractivity contribution in [2.45, 2.75) is 85.4 Å². The van der Waals surface area contributed by atoms with E-state index in [1.165, 1.54) is 23.4 Å². The number of rotatable bonds is 6. The Morgan fingerprint density at radius 3 is 2.62 bits per heavy atom. The molecule has 1 aliphatic heterocycles. The zero-order valence-corrected chi connectivity index (χ0v) is 25.3. The first-order chi connectivity index (χ1) is 18.9. The van der Waals surface area contributed by atoms with Crippen molar-refractivity contribution in [1.29, 1.82) is 0 Å². The summed E-state index contributed by atoms with van der Waals surface area (Å²) in [5.41, 5.74) is 6.30. The predicted molar refractivity (Wildman–Crippen MR) is 160 cm³/mol. The Morgan fingerprint density at radius 2 is 1.93 bits per heavy atom. The van der Waals surface area contributed by atoms with E-state index < -0.39 is 17.1 Å². The second-order valence-corrected chi connectivity index (χ2v) is 14.2. The summed E-state index contributed by atoms with van der Waals surface area (Å²) in [5.74, 6) is 1.18. The summed E-state index contributed by atoms with van der Waals surface area (Å²) in [6.45, 7) is 14.6. The summed E-state index contributed by atoms with van der Waals surface area (Å²) >= 11 is 1.78. The summed E-state index contributed by atoms with van der Waals surface area (Å²) in [7, 11) is 0. The van der Waals surface area contributed by atoms with Crippen LogP contribution in [0.1, 0.15) is 88.1 Å². The number of thiazole rings is 1. The van der Waals surface area contributed by atoms with E-state index in [-0.39, 0.29) is 12.6 Å². The first-order valence-corrected chi connectivity index (χ1v) is 15.0. The fourth-order valence-electron chi connectivity index (χ4n) is 5.49. The number of aromatic nitrogens is 2. The minimum absolute atomic E-state index is 0.124. The van der Waals surface area contributed by atoms with Crippen molar-refractivity contribution < 1.29 is 19.0 Å². The first kappa shape index (κ1) is 27.2. The second kappa shape index (κ2) is 9.81. The molecule has 3 heterocycles. The van der Waals surface area contributed by atoms with Gasteiger partial charge >= 0.3 is 5.97 Å². The quantitative estimate of drug-likeness (QED) is 0.223. The molecule has 1 saturated carbocycles. The second-order valence-electron chi connectivity index (χ2n) is 13.1. The van der Waals surface area contributed by atoms with Crippen LogP contribution in [-0.4, -0.2) is 34.8 Å². The van der Waals surface area contributed by atoms with Crippen molar-refractivity contribution in [2.24, 2.45) is 5.41 Å². The maximum Gasteiger partial charge on any atom is 0.311 e. The van der Waals surface area contributed by atoms with Crippen LogP contribution in [0.25, 0.3) is 32.2 Å². The Balaban J connectivity index is 1.61. The number of hydrogen-bond donors (Lipinski definition) is 0. The van der Waals surface area contributed by atoms with Crippen LogP contribution in [0.4, 0.5) is 0 Å². The number of esters is 1. The molecule has 6 rings (SSSR count). The third-order valence-electron chi connectivity index (χ3n) is 7.51. The van der Waals surface area contributed by atoms with Crippen LogP contribution in [0, 0.1) is 12.3 Å². The standard InChI is InChI=1S/C33H38N2O4S/c1-18-16-22-29(40-30(35-22)20-8-9-20)27(21-10-11-23-26-19(13-15-37-23)12-14-34-28(21)26)25(18)24(39-33(5,6)7)17-38-31(36)32(2,3)4/h10-12,14,16,20,24H,8-9,13,15,17H2,1-7H3/t24-/m1/s1. The molecule has 2 aliphatic rings. The summed E-state index contributed by atoms with van der Waals surface area (Å²) in [5, 5.41) is 2.27. The van der Waals surface area contributed by atoms with Gasteiger partial charge in [0, 0.05) is 35.0 Å². The Kier molecular flexibility index (Phi) is 6.66. The van der Waals surface area contributed by atoms with Gasteiger partial charge in [-0.15, -0.1) is 11.3 Å². The fourth-order valence-corrected chi connectivity index (χ4v) is 6.78. The van der Waals surface area contributed by atoms with Crippen LogP contribution in [0.15, 0.2) is 30.5 Å². The van der Waals surface area contributed by atoms with E-state index in [1.54, 1.807) is 11.3 Å². The van der Waals surface area contributed by atoms with Crippen molar-refractivity contribution in [3.05, 3.63) is 52.2 Å². The average molecular weight is 559 g/mol. The summed E-state index contributed by atoms with van der Waals surface area (Å²) in [6.07, 6.45) is 4.67. The number of fused-ring (bicyclic) bond motifs is 1. The van der Waals surface area contributed by atoms with Gasteiger partial charge in [-0.25, -0.2) is 4.98 Å². The Hall–Kier alpha value is -3.03. The van der Waals surface area contributed by atoms with Gasteiger partial charge in [0.15, 0.2) is 0 Å². The number of carbonyl (C=O) groups is 1. The van der Waals surface area contributed by atoms with E-state index in [0.29, 0.717) is 12.5 Å². The molecule has 2 aromatic carbocycles. The van der Waals surface area contributed by atoms with Gasteiger partial charge in [-0.05, 0) is 102 Å². The Labute approximate surface area is 240 Å². The number of carbonyl (C=O) groups excluding carboxylic acids is 1. The largest absolute Gasteiger partial charge is 0.493 e. The van der Waals surface area contributed by atoms with Gasteiger partial charge < -0.3 is 14.2 Å². The molecule has 0 spiro atoms. The van der Waals surface area contributed by atoms with Crippen LogP contribution >= 0.6 is 11.3 Å². The van der Waals surface area contributed by atoms with Crippen LogP contribution in [0.5, 0.6) is 5.75 Å². The molecular formula is C33H38N2O4S.